The van der Waals surface area contributed by atoms with E-state index in [2.05, 4.69) is 5.32 Å². The molecule has 1 aliphatic heterocycles. The number of sulfonamides is 1. The second-order valence-electron chi connectivity index (χ2n) is 6.55. The molecule has 5 nitrogen and oxygen atoms in total. The van der Waals surface area contributed by atoms with Gasteiger partial charge in [-0.2, -0.15) is 4.31 Å². The Hall–Kier alpha value is -1.96. The van der Waals surface area contributed by atoms with Gasteiger partial charge in [0.25, 0.3) is 0 Å². The van der Waals surface area contributed by atoms with Crippen LogP contribution in [0.3, 0.4) is 0 Å². The number of halogens is 2. The fourth-order valence-electron chi connectivity index (χ4n) is 3.13. The normalized spacial score (nSPS) is 18.3. The van der Waals surface area contributed by atoms with Crippen molar-refractivity contribution in [2.75, 3.05) is 11.9 Å². The summed E-state index contributed by atoms with van der Waals surface area (Å²) < 4.78 is 40.3. The molecule has 2 aromatic carbocycles. The zero-order chi connectivity index (χ0) is 19.6. The highest BCUT2D eigenvalue weighted by atomic mass is 35.5. The van der Waals surface area contributed by atoms with Crippen molar-refractivity contribution in [2.24, 2.45) is 0 Å². The van der Waals surface area contributed by atoms with Gasteiger partial charge in [0.2, 0.25) is 15.9 Å². The fraction of sp³-hybridized carbons (Fsp3) is 0.316. The van der Waals surface area contributed by atoms with Crippen LogP contribution in [0, 0.1) is 12.7 Å². The molecular formula is C19H20ClFN2O3S. The lowest BCUT2D eigenvalue weighted by molar-refractivity contribution is -0.120. The Morgan fingerprint density at radius 3 is 2.56 bits per heavy atom. The highest BCUT2D eigenvalue weighted by molar-refractivity contribution is 7.89. The van der Waals surface area contributed by atoms with Gasteiger partial charge in [0.1, 0.15) is 11.9 Å². The molecular weight excluding hydrogens is 391 g/mol. The van der Waals surface area contributed by atoms with Crippen molar-refractivity contribution in [2.45, 2.75) is 37.1 Å². The topological polar surface area (TPSA) is 66.5 Å². The van der Waals surface area contributed by atoms with E-state index >= 15 is 0 Å². The van der Waals surface area contributed by atoms with Crippen molar-refractivity contribution in [3.05, 3.63) is 58.9 Å². The first-order valence-corrected chi connectivity index (χ1v) is 10.5. The molecule has 1 amide bonds. The zero-order valence-electron chi connectivity index (χ0n) is 14.8. The number of carbonyl (C=O) groups is 1. The summed E-state index contributed by atoms with van der Waals surface area (Å²) in [4.78, 5) is 12.8. The Bertz CT molecular complexity index is 948. The third-order valence-electron chi connectivity index (χ3n) is 4.56. The van der Waals surface area contributed by atoms with E-state index in [4.69, 9.17) is 11.6 Å². The Balaban J connectivity index is 1.86. The van der Waals surface area contributed by atoms with Crippen molar-refractivity contribution in [3.8, 4) is 0 Å². The molecule has 0 unspecified atom stereocenters. The van der Waals surface area contributed by atoms with Crippen molar-refractivity contribution in [1.82, 2.24) is 4.31 Å². The molecule has 0 saturated carbocycles. The summed E-state index contributed by atoms with van der Waals surface area (Å²) in [6, 6.07) is 9.01. The number of nitrogens with one attached hydrogen (secondary N) is 1. The number of benzene rings is 2. The maximum Gasteiger partial charge on any atom is 0.243 e. The quantitative estimate of drug-likeness (QED) is 0.829. The van der Waals surface area contributed by atoms with Gasteiger partial charge in [0.05, 0.1) is 15.6 Å². The van der Waals surface area contributed by atoms with E-state index in [0.717, 1.165) is 24.1 Å². The number of nitrogens with zero attached hydrogens (tertiary/aromatic N) is 1. The van der Waals surface area contributed by atoms with Crippen molar-refractivity contribution < 1.29 is 17.6 Å². The molecule has 27 heavy (non-hydrogen) atoms. The second kappa shape index (κ2) is 7.96. The Labute approximate surface area is 163 Å². The first-order valence-electron chi connectivity index (χ1n) is 8.63. The van der Waals surface area contributed by atoms with E-state index < -0.39 is 27.8 Å². The van der Waals surface area contributed by atoms with Crippen LogP contribution in [-0.2, 0) is 14.8 Å². The van der Waals surface area contributed by atoms with Gasteiger partial charge in [-0.3, -0.25) is 4.79 Å². The molecule has 1 N–H and O–H groups in total. The van der Waals surface area contributed by atoms with Crippen LogP contribution in [0.25, 0.3) is 0 Å². The third kappa shape index (κ3) is 4.31. The van der Waals surface area contributed by atoms with Crippen LogP contribution < -0.4 is 5.32 Å². The number of amides is 1. The molecule has 1 atom stereocenters. The summed E-state index contributed by atoms with van der Waals surface area (Å²) in [6.07, 6.45) is 1.82. The van der Waals surface area contributed by atoms with E-state index in [1.54, 1.807) is 12.1 Å². The minimum absolute atomic E-state index is 0.0306. The lowest BCUT2D eigenvalue weighted by Crippen LogP contribution is -2.49. The van der Waals surface area contributed by atoms with Crippen molar-refractivity contribution in [1.29, 1.82) is 0 Å². The summed E-state index contributed by atoms with van der Waals surface area (Å²) in [5.41, 5.74) is 1.40. The summed E-state index contributed by atoms with van der Waals surface area (Å²) >= 11 is 6.17. The summed E-state index contributed by atoms with van der Waals surface area (Å²) in [5.74, 6) is -0.943. The number of rotatable bonds is 4. The van der Waals surface area contributed by atoms with Crippen molar-refractivity contribution in [3.63, 3.8) is 0 Å². The van der Waals surface area contributed by atoms with Gasteiger partial charge in [-0.25, -0.2) is 12.8 Å². The van der Waals surface area contributed by atoms with Gasteiger partial charge >= 0.3 is 0 Å². The van der Waals surface area contributed by atoms with E-state index in [-0.39, 0.29) is 11.4 Å². The molecule has 2 aromatic rings. The predicted octanol–water partition coefficient (Wildman–Crippen LogP) is 3.97. The average Bonchev–Trinajstić information content (AvgIpc) is 2.64. The van der Waals surface area contributed by atoms with E-state index in [0.29, 0.717) is 23.6 Å². The maximum atomic E-state index is 13.1. The number of carbonyl (C=O) groups excluding carboxylic acids is 1. The van der Waals surface area contributed by atoms with E-state index in [1.165, 1.54) is 16.4 Å². The standard InChI is InChI=1S/C19H20ClFN2O3S/c1-13-5-10-17(16(20)12-13)22-19(24)18-4-2-3-11-23(18)27(25,26)15-8-6-14(21)7-9-15/h5-10,12,18H,2-4,11H2,1H3,(H,22,24)/t18-/m0/s1. The smallest absolute Gasteiger partial charge is 0.243 e. The highest BCUT2D eigenvalue weighted by Crippen LogP contribution is 2.28. The second-order valence-corrected chi connectivity index (χ2v) is 8.85. The molecule has 0 aliphatic carbocycles. The highest BCUT2D eigenvalue weighted by Gasteiger charge is 2.37. The molecule has 8 heteroatoms. The Morgan fingerprint density at radius 1 is 1.19 bits per heavy atom. The maximum absolute atomic E-state index is 13.1. The van der Waals surface area contributed by atoms with Crippen LogP contribution in [0.1, 0.15) is 24.8 Å². The third-order valence-corrected chi connectivity index (χ3v) is 6.79. The number of piperidine rings is 1. The molecule has 0 bridgehead atoms. The fourth-order valence-corrected chi connectivity index (χ4v) is 5.07. The number of anilines is 1. The van der Waals surface area contributed by atoms with Gasteiger partial charge in [-0.1, -0.05) is 24.1 Å². The van der Waals surface area contributed by atoms with Gasteiger partial charge in [-0.05, 0) is 61.7 Å². The first kappa shape index (κ1) is 19.8. The van der Waals surface area contributed by atoms with Crippen LogP contribution in [0.5, 0.6) is 0 Å². The molecule has 1 aliphatic rings. The molecule has 1 saturated heterocycles. The van der Waals surface area contributed by atoms with Crippen LogP contribution in [-0.4, -0.2) is 31.2 Å². The lowest BCUT2D eigenvalue weighted by atomic mass is 10.0. The van der Waals surface area contributed by atoms with Crippen LogP contribution >= 0.6 is 11.6 Å². The lowest BCUT2D eigenvalue weighted by Gasteiger charge is -2.33. The summed E-state index contributed by atoms with van der Waals surface area (Å²) in [7, 11) is -3.91. The Morgan fingerprint density at radius 2 is 1.89 bits per heavy atom. The van der Waals surface area contributed by atoms with E-state index in [9.17, 15) is 17.6 Å². The monoisotopic (exact) mass is 410 g/mol. The first-order chi connectivity index (χ1) is 12.8. The zero-order valence-corrected chi connectivity index (χ0v) is 16.4. The molecule has 3 rings (SSSR count). The summed E-state index contributed by atoms with van der Waals surface area (Å²) in [5, 5.41) is 3.13. The molecule has 144 valence electrons. The van der Waals surface area contributed by atoms with Gasteiger partial charge in [-0.15, -0.1) is 0 Å². The summed E-state index contributed by atoms with van der Waals surface area (Å²) in [6.45, 7) is 2.12. The Kier molecular flexibility index (Phi) is 5.83. The molecule has 1 fully saturated rings. The van der Waals surface area contributed by atoms with Gasteiger partial charge in [0, 0.05) is 6.54 Å². The molecule has 0 aromatic heterocycles. The number of hydrogen-bond donors (Lipinski definition) is 1. The van der Waals surface area contributed by atoms with Crippen LogP contribution in [0.4, 0.5) is 10.1 Å². The van der Waals surface area contributed by atoms with Gasteiger partial charge in [0.15, 0.2) is 0 Å². The minimum Gasteiger partial charge on any atom is -0.323 e. The minimum atomic E-state index is -3.91. The van der Waals surface area contributed by atoms with Crippen LogP contribution in [0.2, 0.25) is 5.02 Å². The van der Waals surface area contributed by atoms with Gasteiger partial charge < -0.3 is 5.32 Å². The van der Waals surface area contributed by atoms with Crippen LogP contribution in [0.15, 0.2) is 47.4 Å². The molecule has 1 heterocycles. The number of hydrogen-bond acceptors (Lipinski definition) is 3. The average molecular weight is 411 g/mol. The SMILES string of the molecule is Cc1ccc(NC(=O)[C@@H]2CCCCN2S(=O)(=O)c2ccc(F)cc2)c(Cl)c1. The molecule has 0 radical (unpaired) electrons. The van der Waals surface area contributed by atoms with Crippen molar-refractivity contribution >= 4 is 33.2 Å². The van der Waals surface area contributed by atoms with E-state index in [1.807, 2.05) is 13.0 Å². The molecule has 0 spiro atoms. The largest absolute Gasteiger partial charge is 0.323 e. The predicted molar refractivity (Wildman–Crippen MR) is 103 cm³/mol. The number of aryl methyl sites for hydroxylation is 1.